The van der Waals surface area contributed by atoms with E-state index in [2.05, 4.69) is 30.1 Å². The number of rotatable bonds is 3. The average Bonchev–Trinajstić information content (AvgIpc) is 3.20. The molecule has 2 aromatic carbocycles. The molecule has 0 amide bonds. The molecule has 0 bridgehead atoms. The second-order valence-corrected chi connectivity index (χ2v) is 6.54. The molecule has 3 aromatic heterocycles. The van der Waals surface area contributed by atoms with Crippen molar-refractivity contribution in [2.75, 3.05) is 0 Å². The summed E-state index contributed by atoms with van der Waals surface area (Å²) >= 11 is 1.44. The molecule has 2 N–H and O–H groups in total. The molecule has 0 atom stereocenters. The van der Waals surface area contributed by atoms with Gasteiger partial charge in [-0.25, -0.2) is 14.4 Å². The smallest absolute Gasteiger partial charge is 0.211 e. The largest absolute Gasteiger partial charge is 0.341 e. The van der Waals surface area contributed by atoms with E-state index in [0.29, 0.717) is 27.5 Å². The molecule has 3 heterocycles. The summed E-state index contributed by atoms with van der Waals surface area (Å²) in [7, 11) is 0. The van der Waals surface area contributed by atoms with Gasteiger partial charge >= 0.3 is 0 Å². The standard InChI is InChI=1S/C17H11FN6S/c18-9-5-6-11-10(7-9)15-16(21-11)22-17(24-23-15)25-8-14-19-12-3-1-2-4-13(12)20-14/h1-7H,8H2,(H,19,20)(H,21,22,24). The van der Waals surface area contributed by atoms with Gasteiger partial charge in [0.25, 0.3) is 0 Å². The maximum absolute atomic E-state index is 13.4. The van der Waals surface area contributed by atoms with Crippen molar-refractivity contribution in [3.8, 4) is 0 Å². The number of nitrogens with zero attached hydrogens (tertiary/aromatic N) is 4. The first kappa shape index (κ1) is 14.4. The Morgan fingerprint density at radius 1 is 0.960 bits per heavy atom. The molecule has 5 aromatic rings. The molecule has 0 saturated carbocycles. The lowest BCUT2D eigenvalue weighted by Crippen LogP contribution is -1.92. The molecule has 0 fully saturated rings. The highest BCUT2D eigenvalue weighted by atomic mass is 32.2. The highest BCUT2D eigenvalue weighted by Crippen LogP contribution is 2.25. The van der Waals surface area contributed by atoms with Gasteiger partial charge in [0.2, 0.25) is 5.16 Å². The molecule has 0 unspecified atom stereocenters. The normalized spacial score (nSPS) is 11.7. The Labute approximate surface area is 144 Å². The Morgan fingerprint density at radius 3 is 2.80 bits per heavy atom. The van der Waals surface area contributed by atoms with Crippen LogP contribution in [0.15, 0.2) is 47.6 Å². The van der Waals surface area contributed by atoms with Crippen molar-refractivity contribution in [3.05, 3.63) is 54.1 Å². The summed E-state index contributed by atoms with van der Waals surface area (Å²) in [5, 5.41) is 9.57. The predicted molar refractivity (Wildman–Crippen MR) is 94.8 cm³/mol. The van der Waals surface area contributed by atoms with E-state index in [4.69, 9.17) is 0 Å². The molecule has 25 heavy (non-hydrogen) atoms. The molecule has 0 radical (unpaired) electrons. The van der Waals surface area contributed by atoms with Crippen LogP contribution >= 0.6 is 11.8 Å². The van der Waals surface area contributed by atoms with E-state index in [9.17, 15) is 4.39 Å². The highest BCUT2D eigenvalue weighted by molar-refractivity contribution is 7.98. The molecule has 0 spiro atoms. The minimum Gasteiger partial charge on any atom is -0.341 e. The number of aromatic amines is 2. The molecule has 0 aliphatic heterocycles. The fourth-order valence-electron chi connectivity index (χ4n) is 2.80. The third kappa shape index (κ3) is 2.51. The van der Waals surface area contributed by atoms with Gasteiger partial charge in [-0.15, -0.1) is 10.2 Å². The van der Waals surface area contributed by atoms with Crippen molar-refractivity contribution in [1.82, 2.24) is 30.1 Å². The summed E-state index contributed by atoms with van der Waals surface area (Å²) in [6, 6.07) is 12.4. The third-order valence-corrected chi connectivity index (χ3v) is 4.78. The van der Waals surface area contributed by atoms with E-state index in [1.54, 1.807) is 6.07 Å². The Bertz CT molecular complexity index is 1190. The first-order valence-corrected chi connectivity index (χ1v) is 8.63. The number of halogens is 1. The molecule has 122 valence electrons. The number of H-pyrrole nitrogens is 2. The van der Waals surface area contributed by atoms with E-state index in [0.717, 1.165) is 22.4 Å². The lowest BCUT2D eigenvalue weighted by atomic mass is 10.2. The number of hydrogen-bond acceptors (Lipinski definition) is 5. The zero-order valence-corrected chi connectivity index (χ0v) is 13.6. The fourth-order valence-corrected chi connectivity index (χ4v) is 3.45. The second kappa shape index (κ2) is 5.52. The zero-order valence-electron chi connectivity index (χ0n) is 12.8. The quantitative estimate of drug-likeness (QED) is 0.483. The van der Waals surface area contributed by atoms with Gasteiger partial charge in [-0.1, -0.05) is 23.9 Å². The predicted octanol–water partition coefficient (Wildman–Crippen LogP) is 3.81. The SMILES string of the molecule is Fc1ccc2[nH]c3nc(SCc4nc5ccccc5[nH]4)nnc3c2c1. The van der Waals surface area contributed by atoms with E-state index in [1.807, 2.05) is 24.3 Å². The number of benzene rings is 2. The van der Waals surface area contributed by atoms with Crippen LogP contribution in [0.4, 0.5) is 4.39 Å². The summed E-state index contributed by atoms with van der Waals surface area (Å²) in [6.07, 6.45) is 0. The van der Waals surface area contributed by atoms with Crippen molar-refractivity contribution in [1.29, 1.82) is 0 Å². The molecule has 8 heteroatoms. The minimum atomic E-state index is -0.307. The first-order chi connectivity index (χ1) is 12.3. The first-order valence-electron chi connectivity index (χ1n) is 7.64. The summed E-state index contributed by atoms with van der Waals surface area (Å²) in [6.45, 7) is 0. The van der Waals surface area contributed by atoms with Crippen LogP contribution < -0.4 is 0 Å². The van der Waals surface area contributed by atoms with Crippen molar-refractivity contribution >= 4 is 44.9 Å². The second-order valence-electron chi connectivity index (χ2n) is 5.60. The Balaban J connectivity index is 1.45. The van der Waals surface area contributed by atoms with Crippen LogP contribution in [0.1, 0.15) is 5.82 Å². The molecule has 6 nitrogen and oxygen atoms in total. The number of fused-ring (bicyclic) bond motifs is 4. The van der Waals surface area contributed by atoms with Crippen molar-refractivity contribution in [2.45, 2.75) is 10.9 Å². The zero-order chi connectivity index (χ0) is 16.8. The van der Waals surface area contributed by atoms with Crippen LogP contribution in [-0.4, -0.2) is 30.1 Å². The third-order valence-electron chi connectivity index (χ3n) is 3.93. The number of para-hydroxylation sites is 2. The molecule has 0 aliphatic rings. The van der Waals surface area contributed by atoms with Gasteiger partial charge < -0.3 is 9.97 Å². The number of hydrogen-bond donors (Lipinski definition) is 2. The lowest BCUT2D eigenvalue weighted by Gasteiger charge is -1.97. The summed E-state index contributed by atoms with van der Waals surface area (Å²) < 4.78 is 13.4. The molecule has 0 aliphatic carbocycles. The molecular formula is C17H11FN6S. The minimum absolute atomic E-state index is 0.307. The monoisotopic (exact) mass is 350 g/mol. The number of thioether (sulfide) groups is 1. The van der Waals surface area contributed by atoms with E-state index in [-0.39, 0.29) is 5.82 Å². The van der Waals surface area contributed by atoms with Crippen LogP contribution in [0.5, 0.6) is 0 Å². The van der Waals surface area contributed by atoms with Gasteiger partial charge in [0.1, 0.15) is 17.2 Å². The number of aromatic nitrogens is 6. The highest BCUT2D eigenvalue weighted by Gasteiger charge is 2.11. The van der Waals surface area contributed by atoms with Crippen LogP contribution in [0, 0.1) is 5.82 Å². The topological polar surface area (TPSA) is 83.1 Å². The van der Waals surface area contributed by atoms with E-state index < -0.39 is 0 Å². The maximum Gasteiger partial charge on any atom is 0.211 e. The van der Waals surface area contributed by atoms with Crippen molar-refractivity contribution in [2.24, 2.45) is 0 Å². The van der Waals surface area contributed by atoms with Crippen LogP contribution in [-0.2, 0) is 5.75 Å². The fraction of sp³-hybridized carbons (Fsp3) is 0.0588. The number of imidazole rings is 1. The Hall–Kier alpha value is -3.00. The molecule has 5 rings (SSSR count). The van der Waals surface area contributed by atoms with E-state index in [1.165, 1.54) is 23.9 Å². The average molecular weight is 350 g/mol. The van der Waals surface area contributed by atoms with Gasteiger partial charge in [0.15, 0.2) is 5.65 Å². The van der Waals surface area contributed by atoms with Gasteiger partial charge in [-0.3, -0.25) is 0 Å². The van der Waals surface area contributed by atoms with Crippen LogP contribution in [0.3, 0.4) is 0 Å². The van der Waals surface area contributed by atoms with Crippen molar-refractivity contribution in [3.63, 3.8) is 0 Å². The van der Waals surface area contributed by atoms with Crippen LogP contribution in [0.25, 0.3) is 33.1 Å². The van der Waals surface area contributed by atoms with Crippen molar-refractivity contribution < 1.29 is 4.39 Å². The lowest BCUT2D eigenvalue weighted by molar-refractivity contribution is 0.630. The molecular weight excluding hydrogens is 339 g/mol. The van der Waals surface area contributed by atoms with Gasteiger partial charge in [-0.2, -0.15) is 0 Å². The van der Waals surface area contributed by atoms with Gasteiger partial charge in [0.05, 0.1) is 16.8 Å². The Kier molecular flexibility index (Phi) is 3.17. The summed E-state index contributed by atoms with van der Waals surface area (Å²) in [5.41, 5.74) is 3.90. The summed E-state index contributed by atoms with van der Waals surface area (Å²) in [5.74, 6) is 1.16. The van der Waals surface area contributed by atoms with E-state index >= 15 is 0 Å². The van der Waals surface area contributed by atoms with Gasteiger partial charge in [0, 0.05) is 10.9 Å². The molecule has 0 saturated heterocycles. The van der Waals surface area contributed by atoms with Gasteiger partial charge in [-0.05, 0) is 30.3 Å². The maximum atomic E-state index is 13.4. The summed E-state index contributed by atoms with van der Waals surface area (Å²) in [4.78, 5) is 15.4. The Morgan fingerprint density at radius 2 is 1.88 bits per heavy atom. The number of nitrogens with one attached hydrogen (secondary N) is 2. The van der Waals surface area contributed by atoms with Crippen LogP contribution in [0.2, 0.25) is 0 Å².